The summed E-state index contributed by atoms with van der Waals surface area (Å²) in [7, 11) is 1.55. The summed E-state index contributed by atoms with van der Waals surface area (Å²) in [5.41, 5.74) is 7.10. The zero-order valence-electron chi connectivity index (χ0n) is 18.2. The number of nitrogen functional groups attached to an aromatic ring is 1. The van der Waals surface area contributed by atoms with Crippen molar-refractivity contribution >= 4 is 29.3 Å². The van der Waals surface area contributed by atoms with E-state index in [1.54, 1.807) is 7.11 Å². The maximum Gasteiger partial charge on any atom is 0.261 e. The van der Waals surface area contributed by atoms with E-state index in [4.69, 9.17) is 25.3 Å². The minimum absolute atomic E-state index is 0.0888. The van der Waals surface area contributed by atoms with Gasteiger partial charge in [-0.05, 0) is 25.1 Å². The standard InChI is InChI=1S/C21H26N8O4/c1-32-17-15(33-10-2-5-23-7-9-30)4-3-14-16(17)27-21(29-8-6-24-18(14)29)28-19(31)13-11-25-20(22)26-12-13/h3-4,11-12,23,30H,2,5-10H2,1H3,(H2,22,25,26)(H,27,28,31). The third kappa shape index (κ3) is 4.86. The number of benzene rings is 1. The Bertz CT molecular complexity index is 1070. The summed E-state index contributed by atoms with van der Waals surface area (Å²) in [5.74, 6) is 1.74. The van der Waals surface area contributed by atoms with Gasteiger partial charge in [0.15, 0.2) is 11.5 Å². The third-order valence-corrected chi connectivity index (χ3v) is 5.06. The zero-order valence-corrected chi connectivity index (χ0v) is 18.2. The Morgan fingerprint density at radius 3 is 2.85 bits per heavy atom. The van der Waals surface area contributed by atoms with E-state index in [9.17, 15) is 4.79 Å². The van der Waals surface area contributed by atoms with E-state index in [1.807, 2.05) is 17.0 Å². The molecule has 0 aliphatic carbocycles. The molecule has 0 radical (unpaired) electrons. The van der Waals surface area contributed by atoms with Crippen LogP contribution in [0.5, 0.6) is 11.5 Å². The Labute approximate surface area is 190 Å². The highest BCUT2D eigenvalue weighted by molar-refractivity contribution is 6.20. The summed E-state index contributed by atoms with van der Waals surface area (Å²) in [6, 6.07) is 3.73. The van der Waals surface area contributed by atoms with Crippen molar-refractivity contribution in [3.63, 3.8) is 0 Å². The SMILES string of the molecule is COc1c(OCCCNCCO)ccc2c1N=C(NC(=O)c1cnc(N)nc1)N1CCN=C21. The molecule has 0 saturated heterocycles. The molecule has 174 valence electrons. The zero-order chi connectivity index (χ0) is 23.2. The van der Waals surface area contributed by atoms with Crippen LogP contribution in [0, 0.1) is 0 Å². The maximum absolute atomic E-state index is 12.7. The van der Waals surface area contributed by atoms with Crippen molar-refractivity contribution in [2.45, 2.75) is 6.42 Å². The van der Waals surface area contributed by atoms with Crippen molar-refractivity contribution in [1.29, 1.82) is 0 Å². The highest BCUT2D eigenvalue weighted by Crippen LogP contribution is 2.43. The van der Waals surface area contributed by atoms with E-state index in [2.05, 4.69) is 25.6 Å². The molecule has 2 aliphatic heterocycles. The number of anilines is 1. The summed E-state index contributed by atoms with van der Waals surface area (Å²) in [5, 5.41) is 14.8. The number of aliphatic hydroxyl groups excluding tert-OH is 1. The molecule has 4 rings (SSSR count). The van der Waals surface area contributed by atoms with Gasteiger partial charge in [0.1, 0.15) is 11.5 Å². The van der Waals surface area contributed by atoms with Crippen molar-refractivity contribution in [1.82, 2.24) is 25.5 Å². The first kappa shape index (κ1) is 22.4. The van der Waals surface area contributed by atoms with Crippen LogP contribution in [0.2, 0.25) is 0 Å². The first-order chi connectivity index (χ1) is 16.1. The molecule has 1 aromatic carbocycles. The van der Waals surface area contributed by atoms with Gasteiger partial charge in [-0.25, -0.2) is 15.0 Å². The maximum atomic E-state index is 12.7. The number of fused-ring (bicyclic) bond motifs is 3. The molecule has 1 aromatic heterocycles. The van der Waals surface area contributed by atoms with Gasteiger partial charge >= 0.3 is 0 Å². The number of aliphatic hydroxyl groups is 1. The number of carbonyl (C=O) groups is 1. The number of aliphatic imine (C=N–C) groups is 2. The second-order valence-electron chi connectivity index (χ2n) is 7.25. The van der Waals surface area contributed by atoms with Crippen LogP contribution in [-0.2, 0) is 0 Å². The van der Waals surface area contributed by atoms with Gasteiger partial charge in [0.25, 0.3) is 5.91 Å². The molecule has 0 spiro atoms. The highest BCUT2D eigenvalue weighted by Gasteiger charge is 2.33. The molecule has 33 heavy (non-hydrogen) atoms. The van der Waals surface area contributed by atoms with Gasteiger partial charge in [0.05, 0.1) is 32.4 Å². The average Bonchev–Trinajstić information content (AvgIpc) is 3.32. The van der Waals surface area contributed by atoms with Crippen LogP contribution in [0.3, 0.4) is 0 Å². The number of hydrogen-bond acceptors (Lipinski definition) is 11. The molecule has 0 unspecified atom stereocenters. The first-order valence-electron chi connectivity index (χ1n) is 10.6. The number of ether oxygens (including phenoxy) is 2. The van der Waals surface area contributed by atoms with Crippen LogP contribution in [-0.4, -0.2) is 84.2 Å². The minimum Gasteiger partial charge on any atom is -0.491 e. The smallest absolute Gasteiger partial charge is 0.261 e. The molecule has 2 aromatic rings. The molecule has 0 atom stereocenters. The van der Waals surface area contributed by atoms with Crippen molar-refractivity contribution < 1.29 is 19.4 Å². The molecule has 0 fully saturated rings. The van der Waals surface area contributed by atoms with Crippen LogP contribution < -0.4 is 25.8 Å². The van der Waals surface area contributed by atoms with Crippen molar-refractivity contribution in [3.8, 4) is 11.5 Å². The number of guanidine groups is 1. The van der Waals surface area contributed by atoms with Gasteiger partial charge < -0.3 is 25.6 Å². The van der Waals surface area contributed by atoms with Crippen molar-refractivity contribution in [2.24, 2.45) is 9.98 Å². The van der Waals surface area contributed by atoms with E-state index in [1.165, 1.54) is 12.4 Å². The Balaban J connectivity index is 1.57. The van der Waals surface area contributed by atoms with E-state index >= 15 is 0 Å². The molecule has 2 aliphatic rings. The second kappa shape index (κ2) is 10.2. The lowest BCUT2D eigenvalue weighted by Crippen LogP contribution is -2.47. The molecule has 5 N–H and O–H groups in total. The minimum atomic E-state index is -0.412. The molecule has 12 heteroatoms. The van der Waals surface area contributed by atoms with Crippen LogP contribution in [0.25, 0.3) is 0 Å². The fraction of sp³-hybridized carbons (Fsp3) is 0.381. The number of amidine groups is 1. The Hall–Kier alpha value is -3.77. The summed E-state index contributed by atoms with van der Waals surface area (Å²) >= 11 is 0. The van der Waals surface area contributed by atoms with Gasteiger partial charge in [-0.2, -0.15) is 0 Å². The number of amides is 1. The Kier molecular flexibility index (Phi) is 6.95. The van der Waals surface area contributed by atoms with Crippen molar-refractivity contribution in [3.05, 3.63) is 35.7 Å². The Morgan fingerprint density at radius 1 is 1.27 bits per heavy atom. The summed E-state index contributed by atoms with van der Waals surface area (Å²) in [6.45, 7) is 3.01. The fourth-order valence-electron chi connectivity index (χ4n) is 3.51. The van der Waals surface area contributed by atoms with Gasteiger partial charge in [0.2, 0.25) is 11.9 Å². The lowest BCUT2D eigenvalue weighted by Gasteiger charge is -2.28. The van der Waals surface area contributed by atoms with E-state index < -0.39 is 5.91 Å². The molecule has 3 heterocycles. The number of aromatic nitrogens is 2. The van der Waals surface area contributed by atoms with Crippen LogP contribution in [0.1, 0.15) is 22.3 Å². The summed E-state index contributed by atoms with van der Waals surface area (Å²) < 4.78 is 11.6. The number of hydrogen-bond donors (Lipinski definition) is 4. The predicted molar refractivity (Wildman–Crippen MR) is 122 cm³/mol. The van der Waals surface area contributed by atoms with Gasteiger partial charge in [-0.15, -0.1) is 0 Å². The fourth-order valence-corrected chi connectivity index (χ4v) is 3.51. The van der Waals surface area contributed by atoms with Gasteiger partial charge in [-0.1, -0.05) is 0 Å². The van der Waals surface area contributed by atoms with Gasteiger partial charge in [0, 0.05) is 31.0 Å². The largest absolute Gasteiger partial charge is 0.491 e. The monoisotopic (exact) mass is 454 g/mol. The lowest BCUT2D eigenvalue weighted by atomic mass is 10.1. The lowest BCUT2D eigenvalue weighted by molar-refractivity contribution is 0.0973. The number of nitrogens with one attached hydrogen (secondary N) is 2. The summed E-state index contributed by atoms with van der Waals surface area (Å²) in [6.07, 6.45) is 3.47. The third-order valence-electron chi connectivity index (χ3n) is 5.06. The molecular weight excluding hydrogens is 428 g/mol. The molecule has 0 saturated carbocycles. The number of rotatable bonds is 9. The van der Waals surface area contributed by atoms with Gasteiger partial charge in [-0.3, -0.25) is 20.0 Å². The number of nitrogens with two attached hydrogens (primary N) is 1. The average molecular weight is 454 g/mol. The normalized spacial score (nSPS) is 14.2. The second-order valence-corrected chi connectivity index (χ2v) is 7.25. The molecular formula is C21H26N8O4. The number of methoxy groups -OCH3 is 1. The highest BCUT2D eigenvalue weighted by atomic mass is 16.5. The quantitative estimate of drug-likeness (QED) is 0.380. The molecule has 1 amide bonds. The van der Waals surface area contributed by atoms with Crippen LogP contribution >= 0.6 is 0 Å². The van der Waals surface area contributed by atoms with Crippen LogP contribution in [0.15, 0.2) is 34.5 Å². The van der Waals surface area contributed by atoms with E-state index in [0.717, 1.165) is 18.5 Å². The molecule has 12 nitrogen and oxygen atoms in total. The predicted octanol–water partition coefficient (Wildman–Crippen LogP) is -0.0885. The first-order valence-corrected chi connectivity index (χ1v) is 10.6. The van der Waals surface area contributed by atoms with Crippen LogP contribution in [0.4, 0.5) is 11.6 Å². The summed E-state index contributed by atoms with van der Waals surface area (Å²) in [4.78, 5) is 31.6. The topological polar surface area (TPSA) is 160 Å². The molecule has 0 bridgehead atoms. The number of nitrogens with zero attached hydrogens (tertiary/aromatic N) is 5. The number of carbonyl (C=O) groups excluding carboxylic acids is 1. The van der Waals surface area contributed by atoms with E-state index in [0.29, 0.717) is 55.2 Å². The van der Waals surface area contributed by atoms with Crippen molar-refractivity contribution in [2.75, 3.05) is 52.2 Å². The van der Waals surface area contributed by atoms with E-state index in [-0.39, 0.29) is 18.1 Å². The Morgan fingerprint density at radius 2 is 2.09 bits per heavy atom.